The molecule has 0 aliphatic rings. The zero-order valence-electron chi connectivity index (χ0n) is 15.5. The summed E-state index contributed by atoms with van der Waals surface area (Å²) in [7, 11) is 2.74. The van der Waals surface area contributed by atoms with Crippen LogP contribution in [0.25, 0.3) is 0 Å². The molecule has 2 rings (SSSR count). The molecule has 0 aliphatic carbocycles. The van der Waals surface area contributed by atoms with Gasteiger partial charge in [0.1, 0.15) is 12.4 Å². The molecule has 1 heterocycles. The van der Waals surface area contributed by atoms with Crippen LogP contribution in [-0.2, 0) is 6.61 Å². The Kier molecular flexibility index (Phi) is 6.35. The van der Waals surface area contributed by atoms with Gasteiger partial charge in [-0.05, 0) is 32.0 Å². The van der Waals surface area contributed by atoms with Gasteiger partial charge < -0.3 is 18.9 Å². The van der Waals surface area contributed by atoms with E-state index in [0.717, 1.165) is 10.5 Å². The average molecular weight is 386 g/mol. The van der Waals surface area contributed by atoms with Gasteiger partial charge in [-0.1, -0.05) is 5.16 Å². The summed E-state index contributed by atoms with van der Waals surface area (Å²) in [6.45, 7) is 3.35. The van der Waals surface area contributed by atoms with E-state index in [2.05, 4.69) is 5.16 Å². The minimum atomic E-state index is -4.32. The Morgan fingerprint density at radius 1 is 1.26 bits per heavy atom. The van der Waals surface area contributed by atoms with Crippen molar-refractivity contribution in [3.8, 4) is 11.5 Å². The molecule has 0 radical (unpaired) electrons. The largest absolute Gasteiger partial charge is 0.493 e. The molecule has 148 valence electrons. The number of hydrogen-bond donors (Lipinski definition) is 0. The van der Waals surface area contributed by atoms with Crippen molar-refractivity contribution in [2.45, 2.75) is 33.1 Å². The first-order valence-corrected chi connectivity index (χ1v) is 8.17. The van der Waals surface area contributed by atoms with Gasteiger partial charge in [0, 0.05) is 19.2 Å². The zero-order chi connectivity index (χ0) is 20.2. The van der Waals surface area contributed by atoms with Crippen LogP contribution in [0.3, 0.4) is 0 Å². The maximum atomic E-state index is 12.3. The fourth-order valence-electron chi connectivity index (χ4n) is 2.39. The first kappa shape index (κ1) is 20.6. The van der Waals surface area contributed by atoms with E-state index < -0.39 is 25.0 Å². The molecular formula is C18H21F3N2O4. The summed E-state index contributed by atoms with van der Waals surface area (Å²) in [5.74, 6) is 0.809. The predicted molar refractivity (Wildman–Crippen MR) is 90.9 cm³/mol. The molecule has 0 spiro atoms. The first-order chi connectivity index (χ1) is 12.6. The van der Waals surface area contributed by atoms with E-state index in [4.69, 9.17) is 14.0 Å². The van der Waals surface area contributed by atoms with E-state index in [9.17, 15) is 18.0 Å². The number of aryl methyl sites for hydroxylation is 2. The Hall–Kier alpha value is -2.71. The number of rotatable bonds is 7. The third kappa shape index (κ3) is 5.38. The van der Waals surface area contributed by atoms with Crippen LogP contribution in [0.4, 0.5) is 13.2 Å². The number of nitrogens with zero attached hydrogens (tertiary/aromatic N) is 2. The van der Waals surface area contributed by atoms with E-state index in [0.29, 0.717) is 23.0 Å². The molecule has 27 heavy (non-hydrogen) atoms. The Morgan fingerprint density at radius 3 is 2.52 bits per heavy atom. The van der Waals surface area contributed by atoms with Gasteiger partial charge in [0.05, 0.1) is 24.8 Å². The molecule has 0 bridgehead atoms. The molecule has 0 saturated heterocycles. The summed E-state index contributed by atoms with van der Waals surface area (Å²) < 4.78 is 53.0. The molecule has 1 aromatic carbocycles. The number of carbonyl (C=O) groups is 1. The molecule has 2 aromatic rings. The highest BCUT2D eigenvalue weighted by atomic mass is 19.4. The quantitative estimate of drug-likeness (QED) is 0.722. The van der Waals surface area contributed by atoms with Gasteiger partial charge in [0.15, 0.2) is 11.5 Å². The molecule has 0 saturated carbocycles. The van der Waals surface area contributed by atoms with Crippen LogP contribution >= 0.6 is 0 Å². The highest BCUT2D eigenvalue weighted by Gasteiger charge is 2.28. The molecule has 1 aromatic heterocycles. The van der Waals surface area contributed by atoms with E-state index in [1.54, 1.807) is 19.9 Å². The fourth-order valence-corrected chi connectivity index (χ4v) is 2.39. The number of ether oxygens (including phenoxy) is 2. The van der Waals surface area contributed by atoms with Crippen molar-refractivity contribution in [3.05, 3.63) is 40.8 Å². The van der Waals surface area contributed by atoms with Crippen LogP contribution < -0.4 is 9.47 Å². The van der Waals surface area contributed by atoms with Gasteiger partial charge in [0.2, 0.25) is 0 Å². The average Bonchev–Trinajstić information content (AvgIpc) is 2.94. The van der Waals surface area contributed by atoms with Crippen LogP contribution in [0.5, 0.6) is 11.5 Å². The second kappa shape index (κ2) is 8.32. The second-order valence-corrected chi connectivity index (χ2v) is 6.05. The maximum Gasteiger partial charge on any atom is 0.390 e. The maximum absolute atomic E-state index is 12.3. The minimum absolute atomic E-state index is 0.205. The third-order valence-corrected chi connectivity index (χ3v) is 4.04. The van der Waals surface area contributed by atoms with Gasteiger partial charge >= 0.3 is 6.18 Å². The lowest BCUT2D eigenvalue weighted by Gasteiger charge is -2.19. The summed E-state index contributed by atoms with van der Waals surface area (Å²) in [4.78, 5) is 13.3. The molecule has 1 amide bonds. The Bertz CT molecular complexity index is 783. The topological polar surface area (TPSA) is 64.8 Å². The molecule has 0 aliphatic heterocycles. The highest BCUT2D eigenvalue weighted by Crippen LogP contribution is 2.30. The third-order valence-electron chi connectivity index (χ3n) is 4.04. The standard InChI is InChI=1S/C18H21F3N2O4/c1-11-14(12(2)27-22-11)10-26-15-6-5-13(9-16(15)25-4)17(24)23(3)8-7-18(19,20)21/h5-6,9H,7-8,10H2,1-4H3. The van der Waals surface area contributed by atoms with Crippen molar-refractivity contribution < 1.29 is 32.0 Å². The van der Waals surface area contributed by atoms with Crippen molar-refractivity contribution in [2.24, 2.45) is 0 Å². The molecule has 9 heteroatoms. The van der Waals surface area contributed by atoms with Crippen molar-refractivity contribution in [3.63, 3.8) is 0 Å². The van der Waals surface area contributed by atoms with E-state index >= 15 is 0 Å². The van der Waals surface area contributed by atoms with Crippen molar-refractivity contribution in [1.29, 1.82) is 0 Å². The predicted octanol–water partition coefficient (Wildman–Crippen LogP) is 3.90. The molecule has 0 N–H and O–H groups in total. The van der Waals surface area contributed by atoms with Crippen LogP contribution in [-0.4, -0.2) is 42.8 Å². The Morgan fingerprint density at radius 2 is 1.96 bits per heavy atom. The van der Waals surface area contributed by atoms with Crippen molar-refractivity contribution in [2.75, 3.05) is 20.7 Å². The summed E-state index contributed by atoms with van der Waals surface area (Å²) in [5.41, 5.74) is 1.73. The number of carbonyl (C=O) groups excluding carboxylic acids is 1. The number of aromatic nitrogens is 1. The van der Waals surface area contributed by atoms with Gasteiger partial charge in [-0.3, -0.25) is 4.79 Å². The molecule has 0 fully saturated rings. The Balaban J connectivity index is 2.09. The normalized spacial score (nSPS) is 11.4. The number of amides is 1. The lowest BCUT2D eigenvalue weighted by Crippen LogP contribution is -2.30. The summed E-state index contributed by atoms with van der Waals surface area (Å²) >= 11 is 0. The lowest BCUT2D eigenvalue weighted by atomic mass is 10.1. The molecule has 0 atom stereocenters. The van der Waals surface area contributed by atoms with Gasteiger partial charge in [-0.25, -0.2) is 0 Å². The van der Waals surface area contributed by atoms with Crippen LogP contribution in [0.2, 0.25) is 0 Å². The first-order valence-electron chi connectivity index (χ1n) is 8.17. The van der Waals surface area contributed by atoms with Gasteiger partial charge in [-0.15, -0.1) is 0 Å². The number of alkyl halides is 3. The molecular weight excluding hydrogens is 365 g/mol. The van der Waals surface area contributed by atoms with Crippen molar-refractivity contribution in [1.82, 2.24) is 10.1 Å². The minimum Gasteiger partial charge on any atom is -0.493 e. The highest BCUT2D eigenvalue weighted by molar-refractivity contribution is 5.94. The van der Waals surface area contributed by atoms with E-state index in [-0.39, 0.29) is 12.2 Å². The van der Waals surface area contributed by atoms with Gasteiger partial charge in [0.25, 0.3) is 5.91 Å². The smallest absolute Gasteiger partial charge is 0.390 e. The lowest BCUT2D eigenvalue weighted by molar-refractivity contribution is -0.136. The number of methoxy groups -OCH3 is 1. The summed E-state index contributed by atoms with van der Waals surface area (Å²) in [6.07, 6.45) is -5.38. The van der Waals surface area contributed by atoms with Crippen LogP contribution in [0, 0.1) is 13.8 Å². The summed E-state index contributed by atoms with van der Waals surface area (Å²) in [5, 5.41) is 3.85. The SMILES string of the molecule is COc1cc(C(=O)N(C)CCC(F)(F)F)ccc1OCc1c(C)noc1C. The molecule has 6 nitrogen and oxygen atoms in total. The van der Waals surface area contributed by atoms with E-state index in [1.165, 1.54) is 26.3 Å². The monoisotopic (exact) mass is 386 g/mol. The zero-order valence-corrected chi connectivity index (χ0v) is 15.5. The molecule has 0 unspecified atom stereocenters. The number of halogens is 3. The number of hydrogen-bond acceptors (Lipinski definition) is 5. The van der Waals surface area contributed by atoms with Crippen LogP contribution in [0.15, 0.2) is 22.7 Å². The van der Waals surface area contributed by atoms with Gasteiger partial charge in [-0.2, -0.15) is 13.2 Å². The Labute approximate surface area is 154 Å². The second-order valence-electron chi connectivity index (χ2n) is 6.05. The van der Waals surface area contributed by atoms with E-state index in [1.807, 2.05) is 0 Å². The number of benzene rings is 1. The van der Waals surface area contributed by atoms with Crippen LogP contribution in [0.1, 0.15) is 33.8 Å². The summed E-state index contributed by atoms with van der Waals surface area (Å²) in [6, 6.07) is 4.47. The fraction of sp³-hybridized carbons (Fsp3) is 0.444. The van der Waals surface area contributed by atoms with Crippen molar-refractivity contribution >= 4 is 5.91 Å².